The minimum Gasteiger partial charge on any atom is -0.364 e. The molecular weight excluding hydrogens is 228 g/mol. The van der Waals surface area contributed by atoms with E-state index in [0.717, 1.165) is 5.69 Å². The average molecular weight is 248 g/mol. The summed E-state index contributed by atoms with van der Waals surface area (Å²) in [5, 5.41) is 2.94. The number of aromatic nitrogens is 1. The van der Waals surface area contributed by atoms with Crippen LogP contribution < -0.4 is 10.7 Å². The fourth-order valence-electron chi connectivity index (χ4n) is 2.61. The zero-order chi connectivity index (χ0) is 13.1. The van der Waals surface area contributed by atoms with Crippen molar-refractivity contribution in [2.75, 3.05) is 0 Å². The molecule has 1 fully saturated rings. The van der Waals surface area contributed by atoms with Crippen molar-refractivity contribution in [3.8, 4) is 0 Å². The van der Waals surface area contributed by atoms with E-state index in [2.05, 4.69) is 10.3 Å². The Hall–Kier alpha value is -1.58. The molecule has 0 radical (unpaired) electrons. The minimum absolute atomic E-state index is 0.140. The van der Waals surface area contributed by atoms with Gasteiger partial charge in [-0.3, -0.25) is 9.59 Å². The number of amides is 1. The molecule has 1 aliphatic rings. The zero-order valence-electron chi connectivity index (χ0n) is 11.0. The molecule has 0 aromatic carbocycles. The summed E-state index contributed by atoms with van der Waals surface area (Å²) in [6.07, 6.45) is 6.33. The number of hydrogen-bond donors (Lipinski definition) is 2. The summed E-state index contributed by atoms with van der Waals surface area (Å²) in [6.45, 7) is 3.82. The SMILES string of the molecule is Cc1cc(=O)c(C(=O)NC(C)C2CCCC2)c[nH]1. The lowest BCUT2D eigenvalue weighted by Gasteiger charge is -2.20. The third kappa shape index (κ3) is 2.81. The molecule has 1 aromatic heterocycles. The second-order valence-corrected chi connectivity index (χ2v) is 5.20. The summed E-state index contributed by atoms with van der Waals surface area (Å²) in [5.41, 5.74) is 0.744. The van der Waals surface area contributed by atoms with E-state index in [9.17, 15) is 9.59 Å². The first-order valence-electron chi connectivity index (χ1n) is 6.58. The number of rotatable bonds is 3. The van der Waals surface area contributed by atoms with E-state index < -0.39 is 0 Å². The molecule has 98 valence electrons. The predicted molar refractivity (Wildman–Crippen MR) is 70.7 cm³/mol. The fraction of sp³-hybridized carbons (Fsp3) is 0.571. The third-order valence-electron chi connectivity index (χ3n) is 3.77. The Balaban J connectivity index is 2.05. The average Bonchev–Trinajstić information content (AvgIpc) is 2.81. The van der Waals surface area contributed by atoms with E-state index >= 15 is 0 Å². The van der Waals surface area contributed by atoms with Gasteiger partial charge in [0.15, 0.2) is 5.43 Å². The lowest BCUT2D eigenvalue weighted by molar-refractivity contribution is 0.0926. The van der Waals surface area contributed by atoms with Gasteiger partial charge in [-0.05, 0) is 32.6 Å². The summed E-state index contributed by atoms with van der Waals surface area (Å²) in [7, 11) is 0. The lowest BCUT2D eigenvalue weighted by atomic mass is 9.99. The number of hydrogen-bond acceptors (Lipinski definition) is 2. The van der Waals surface area contributed by atoms with Crippen molar-refractivity contribution < 1.29 is 4.79 Å². The van der Waals surface area contributed by atoms with Gasteiger partial charge < -0.3 is 10.3 Å². The van der Waals surface area contributed by atoms with Crippen molar-refractivity contribution in [3.63, 3.8) is 0 Å². The molecule has 4 heteroatoms. The van der Waals surface area contributed by atoms with Gasteiger partial charge in [0, 0.05) is 24.0 Å². The second kappa shape index (κ2) is 5.38. The van der Waals surface area contributed by atoms with Crippen LogP contribution in [0, 0.1) is 12.8 Å². The monoisotopic (exact) mass is 248 g/mol. The van der Waals surface area contributed by atoms with Gasteiger partial charge in [0.05, 0.1) is 0 Å². The first-order chi connectivity index (χ1) is 8.58. The van der Waals surface area contributed by atoms with Crippen LogP contribution in [0.5, 0.6) is 0 Å². The molecule has 0 saturated heterocycles. The van der Waals surface area contributed by atoms with E-state index in [1.165, 1.54) is 37.9 Å². The van der Waals surface area contributed by atoms with Crippen molar-refractivity contribution in [1.29, 1.82) is 0 Å². The molecule has 0 aliphatic heterocycles. The molecule has 1 saturated carbocycles. The highest BCUT2D eigenvalue weighted by atomic mass is 16.2. The third-order valence-corrected chi connectivity index (χ3v) is 3.77. The molecule has 18 heavy (non-hydrogen) atoms. The van der Waals surface area contributed by atoms with Gasteiger partial charge in [0.25, 0.3) is 5.91 Å². The molecule has 1 unspecified atom stereocenters. The molecule has 0 bridgehead atoms. The quantitative estimate of drug-likeness (QED) is 0.859. The first-order valence-corrected chi connectivity index (χ1v) is 6.58. The van der Waals surface area contributed by atoms with Crippen molar-refractivity contribution >= 4 is 5.91 Å². The van der Waals surface area contributed by atoms with E-state index in [4.69, 9.17) is 0 Å². The van der Waals surface area contributed by atoms with Crippen LogP contribution in [0.3, 0.4) is 0 Å². The predicted octanol–water partition coefficient (Wildman–Crippen LogP) is 1.99. The highest BCUT2D eigenvalue weighted by Crippen LogP contribution is 2.27. The smallest absolute Gasteiger partial charge is 0.256 e. The van der Waals surface area contributed by atoms with Crippen molar-refractivity contribution in [3.05, 3.63) is 33.7 Å². The number of aryl methyl sites for hydroxylation is 1. The largest absolute Gasteiger partial charge is 0.364 e. The van der Waals surface area contributed by atoms with Crippen LogP contribution in [0.25, 0.3) is 0 Å². The Bertz CT molecular complexity index is 487. The van der Waals surface area contributed by atoms with Crippen LogP contribution in [0.15, 0.2) is 17.1 Å². The van der Waals surface area contributed by atoms with Crippen LogP contribution in [0.2, 0.25) is 0 Å². The molecular formula is C14H20N2O2. The molecule has 2 N–H and O–H groups in total. The standard InChI is InChI=1S/C14H20N2O2/c1-9-7-13(17)12(8-15-9)14(18)16-10(2)11-5-3-4-6-11/h7-8,10-11H,3-6H2,1-2H3,(H,15,17)(H,16,18). The molecule has 1 atom stereocenters. The molecule has 0 spiro atoms. The van der Waals surface area contributed by atoms with Gasteiger partial charge >= 0.3 is 0 Å². The van der Waals surface area contributed by atoms with Crippen LogP contribution in [0.4, 0.5) is 0 Å². The van der Waals surface area contributed by atoms with Crippen molar-refractivity contribution in [2.24, 2.45) is 5.92 Å². The molecule has 1 heterocycles. The highest BCUT2D eigenvalue weighted by molar-refractivity contribution is 5.93. The fourth-order valence-corrected chi connectivity index (χ4v) is 2.61. The Morgan fingerprint density at radius 3 is 2.72 bits per heavy atom. The maximum atomic E-state index is 12.0. The van der Waals surface area contributed by atoms with Gasteiger partial charge in [-0.1, -0.05) is 12.8 Å². The lowest BCUT2D eigenvalue weighted by Crippen LogP contribution is -2.39. The summed E-state index contributed by atoms with van der Waals surface area (Å²) in [6, 6.07) is 1.59. The van der Waals surface area contributed by atoms with Gasteiger partial charge in [0.2, 0.25) is 0 Å². The molecule has 2 rings (SSSR count). The van der Waals surface area contributed by atoms with Gasteiger partial charge in [-0.25, -0.2) is 0 Å². The summed E-state index contributed by atoms with van der Waals surface area (Å²) in [4.78, 5) is 26.6. The topological polar surface area (TPSA) is 62.0 Å². The Morgan fingerprint density at radius 2 is 2.11 bits per heavy atom. The van der Waals surface area contributed by atoms with E-state index in [1.54, 1.807) is 6.92 Å². The van der Waals surface area contributed by atoms with Crippen molar-refractivity contribution in [1.82, 2.24) is 10.3 Å². The maximum absolute atomic E-state index is 12.0. The Morgan fingerprint density at radius 1 is 1.44 bits per heavy atom. The maximum Gasteiger partial charge on any atom is 0.256 e. The molecule has 4 nitrogen and oxygen atoms in total. The normalized spacial score (nSPS) is 17.7. The van der Waals surface area contributed by atoms with E-state index in [1.807, 2.05) is 6.92 Å². The Kier molecular flexibility index (Phi) is 3.84. The number of carbonyl (C=O) groups is 1. The van der Waals surface area contributed by atoms with E-state index in [-0.39, 0.29) is 22.9 Å². The van der Waals surface area contributed by atoms with Crippen LogP contribution in [0.1, 0.15) is 48.7 Å². The molecule has 1 aliphatic carbocycles. The number of nitrogens with one attached hydrogen (secondary N) is 2. The zero-order valence-corrected chi connectivity index (χ0v) is 11.0. The van der Waals surface area contributed by atoms with Crippen molar-refractivity contribution in [2.45, 2.75) is 45.6 Å². The van der Waals surface area contributed by atoms with E-state index in [0.29, 0.717) is 5.92 Å². The number of H-pyrrole nitrogens is 1. The summed E-state index contributed by atoms with van der Waals surface area (Å²) >= 11 is 0. The molecule has 1 amide bonds. The first kappa shape index (κ1) is 12.9. The number of aromatic amines is 1. The minimum atomic E-state index is -0.268. The number of carbonyl (C=O) groups excluding carboxylic acids is 1. The van der Waals surface area contributed by atoms with Gasteiger partial charge in [0.1, 0.15) is 5.56 Å². The van der Waals surface area contributed by atoms with Gasteiger partial charge in [-0.2, -0.15) is 0 Å². The second-order valence-electron chi connectivity index (χ2n) is 5.20. The molecule has 1 aromatic rings. The Labute approximate surface area is 107 Å². The summed E-state index contributed by atoms with van der Waals surface area (Å²) < 4.78 is 0. The van der Waals surface area contributed by atoms with Crippen LogP contribution in [-0.2, 0) is 0 Å². The van der Waals surface area contributed by atoms with Crippen LogP contribution in [-0.4, -0.2) is 16.9 Å². The van der Waals surface area contributed by atoms with Gasteiger partial charge in [-0.15, -0.1) is 0 Å². The van der Waals surface area contributed by atoms with Crippen LogP contribution >= 0.6 is 0 Å². The number of pyridine rings is 1. The highest BCUT2D eigenvalue weighted by Gasteiger charge is 2.23. The summed E-state index contributed by atoms with van der Waals surface area (Å²) in [5.74, 6) is 0.286.